The van der Waals surface area contributed by atoms with Crippen LogP contribution in [0, 0.1) is 11.6 Å². The van der Waals surface area contributed by atoms with Gasteiger partial charge in [-0.1, -0.05) is 6.92 Å². The number of hydrogen-bond acceptors (Lipinski definition) is 2. The molecule has 0 saturated heterocycles. The summed E-state index contributed by atoms with van der Waals surface area (Å²) in [6, 6.07) is 3.47. The van der Waals surface area contributed by atoms with Gasteiger partial charge in [0.2, 0.25) is 5.96 Å². The molecule has 0 fully saturated rings. The molecule has 6 heteroatoms. The van der Waals surface area contributed by atoms with Crippen molar-refractivity contribution in [1.82, 2.24) is 5.43 Å². The molecule has 1 aromatic rings. The summed E-state index contributed by atoms with van der Waals surface area (Å²) < 4.78 is 25.5. The highest BCUT2D eigenvalue weighted by Crippen LogP contribution is 2.12. The van der Waals surface area contributed by atoms with Crippen molar-refractivity contribution in [2.45, 2.75) is 13.3 Å². The summed E-state index contributed by atoms with van der Waals surface area (Å²) >= 11 is 0. The van der Waals surface area contributed by atoms with Crippen LogP contribution in [0.3, 0.4) is 0 Å². The Morgan fingerprint density at radius 2 is 2.12 bits per heavy atom. The van der Waals surface area contributed by atoms with Gasteiger partial charge in [-0.15, -0.1) is 0 Å². The number of nitrogens with two attached hydrogens (primary N) is 1. The Hall–Kier alpha value is -1.69. The minimum Gasteiger partial charge on any atom is -0.325 e. The highest BCUT2D eigenvalue weighted by Gasteiger charge is 2.03. The molecule has 0 radical (unpaired) electrons. The highest BCUT2D eigenvalue weighted by atomic mass is 19.2. The van der Waals surface area contributed by atoms with Gasteiger partial charge in [-0.3, -0.25) is 10.4 Å². The number of hydrazine groups is 1. The van der Waals surface area contributed by atoms with E-state index in [0.29, 0.717) is 18.2 Å². The molecule has 0 heterocycles. The number of rotatable bonds is 3. The van der Waals surface area contributed by atoms with Gasteiger partial charge >= 0.3 is 0 Å². The van der Waals surface area contributed by atoms with Gasteiger partial charge in [0.25, 0.3) is 0 Å². The lowest BCUT2D eigenvalue weighted by Gasteiger charge is -2.09. The van der Waals surface area contributed by atoms with Crippen molar-refractivity contribution in [3.05, 3.63) is 29.8 Å². The van der Waals surface area contributed by atoms with Crippen LogP contribution in [-0.4, -0.2) is 12.5 Å². The van der Waals surface area contributed by atoms with Crippen LogP contribution in [0.4, 0.5) is 14.5 Å². The van der Waals surface area contributed by atoms with E-state index in [1.54, 1.807) is 0 Å². The first-order chi connectivity index (χ1) is 7.67. The van der Waals surface area contributed by atoms with Crippen LogP contribution in [0.2, 0.25) is 0 Å². The quantitative estimate of drug-likeness (QED) is 0.319. The zero-order valence-corrected chi connectivity index (χ0v) is 8.93. The average Bonchev–Trinajstić information content (AvgIpc) is 2.29. The highest BCUT2D eigenvalue weighted by molar-refractivity contribution is 5.93. The standard InChI is InChI=1S/C10H14F2N4/c1-2-5-14-10(16-13)15-7-3-4-8(11)9(12)6-7/h3-4,6H,2,5,13H2,1H3,(H2,14,15,16). The predicted octanol–water partition coefficient (Wildman–Crippen LogP) is 1.61. The second-order valence-corrected chi connectivity index (χ2v) is 3.13. The maximum atomic E-state index is 12.9. The molecule has 4 N–H and O–H groups in total. The summed E-state index contributed by atoms with van der Waals surface area (Å²) in [6.45, 7) is 2.56. The maximum absolute atomic E-state index is 12.9. The number of nitrogens with one attached hydrogen (secondary N) is 2. The number of aliphatic imine (C=N–C) groups is 1. The Bertz CT molecular complexity index is 379. The molecule has 16 heavy (non-hydrogen) atoms. The Morgan fingerprint density at radius 1 is 1.38 bits per heavy atom. The summed E-state index contributed by atoms with van der Waals surface area (Å²) in [4.78, 5) is 4.06. The molecule has 1 aromatic carbocycles. The fourth-order valence-corrected chi connectivity index (χ4v) is 1.06. The van der Waals surface area contributed by atoms with Gasteiger partial charge in [0.05, 0.1) is 0 Å². The molecule has 0 aliphatic carbocycles. The van der Waals surface area contributed by atoms with Crippen LogP contribution in [0.5, 0.6) is 0 Å². The van der Waals surface area contributed by atoms with Crippen LogP contribution in [0.25, 0.3) is 0 Å². The van der Waals surface area contributed by atoms with Gasteiger partial charge in [0.1, 0.15) is 0 Å². The fourth-order valence-electron chi connectivity index (χ4n) is 1.06. The average molecular weight is 228 g/mol. The maximum Gasteiger partial charge on any atom is 0.210 e. The van der Waals surface area contributed by atoms with Crippen molar-refractivity contribution in [1.29, 1.82) is 0 Å². The summed E-state index contributed by atoms with van der Waals surface area (Å²) in [5.74, 6) is 3.72. The van der Waals surface area contributed by atoms with Crippen LogP contribution in [-0.2, 0) is 0 Å². The molecule has 0 aromatic heterocycles. The third-order valence-corrected chi connectivity index (χ3v) is 1.81. The third kappa shape index (κ3) is 3.47. The molecule has 0 aliphatic heterocycles. The first-order valence-electron chi connectivity index (χ1n) is 4.90. The first-order valence-corrected chi connectivity index (χ1v) is 4.90. The van der Waals surface area contributed by atoms with Gasteiger partial charge < -0.3 is 5.32 Å². The minimum atomic E-state index is -0.920. The summed E-state index contributed by atoms with van der Waals surface area (Å²) in [6.07, 6.45) is 0.866. The van der Waals surface area contributed by atoms with Crippen molar-refractivity contribution in [3.63, 3.8) is 0 Å². The molecule has 0 atom stereocenters. The lowest BCUT2D eigenvalue weighted by atomic mass is 10.3. The lowest BCUT2D eigenvalue weighted by molar-refractivity contribution is 0.509. The van der Waals surface area contributed by atoms with Crippen LogP contribution < -0.4 is 16.6 Å². The van der Waals surface area contributed by atoms with E-state index in [-0.39, 0.29) is 0 Å². The largest absolute Gasteiger partial charge is 0.325 e. The summed E-state index contributed by atoms with van der Waals surface area (Å²) in [7, 11) is 0. The fraction of sp³-hybridized carbons (Fsp3) is 0.300. The molecule has 0 amide bonds. The van der Waals surface area contributed by atoms with Crippen molar-refractivity contribution in [2.24, 2.45) is 10.8 Å². The van der Waals surface area contributed by atoms with E-state index in [1.165, 1.54) is 6.07 Å². The number of halogens is 2. The SMILES string of the molecule is CCCN=C(NN)Nc1ccc(F)c(F)c1. The Kier molecular flexibility index (Phi) is 4.65. The van der Waals surface area contributed by atoms with Crippen molar-refractivity contribution < 1.29 is 8.78 Å². The van der Waals surface area contributed by atoms with Crippen molar-refractivity contribution in [2.75, 3.05) is 11.9 Å². The Labute approximate surface area is 92.5 Å². The van der Waals surface area contributed by atoms with E-state index in [0.717, 1.165) is 18.6 Å². The minimum absolute atomic E-state index is 0.313. The normalized spacial score (nSPS) is 11.4. The number of nitrogens with zero attached hydrogens (tertiary/aromatic N) is 1. The monoisotopic (exact) mass is 228 g/mol. The van der Waals surface area contributed by atoms with E-state index < -0.39 is 11.6 Å². The Morgan fingerprint density at radius 3 is 2.69 bits per heavy atom. The molecule has 0 aliphatic rings. The lowest BCUT2D eigenvalue weighted by Crippen LogP contribution is -2.36. The van der Waals surface area contributed by atoms with Gasteiger partial charge in [0.15, 0.2) is 11.6 Å². The number of hydrogen-bond donors (Lipinski definition) is 3. The third-order valence-electron chi connectivity index (χ3n) is 1.81. The van der Waals surface area contributed by atoms with E-state index in [9.17, 15) is 8.78 Å². The van der Waals surface area contributed by atoms with Crippen molar-refractivity contribution in [3.8, 4) is 0 Å². The molecule has 0 bridgehead atoms. The summed E-state index contributed by atoms with van der Waals surface area (Å²) in [5, 5.41) is 2.74. The van der Waals surface area contributed by atoms with E-state index in [1.807, 2.05) is 6.92 Å². The number of anilines is 1. The first kappa shape index (κ1) is 12.4. The molecular weight excluding hydrogens is 214 g/mol. The van der Waals surface area contributed by atoms with Crippen LogP contribution in [0.15, 0.2) is 23.2 Å². The van der Waals surface area contributed by atoms with Gasteiger partial charge in [-0.25, -0.2) is 14.6 Å². The zero-order valence-electron chi connectivity index (χ0n) is 8.93. The van der Waals surface area contributed by atoms with E-state index in [2.05, 4.69) is 15.7 Å². The second-order valence-electron chi connectivity index (χ2n) is 3.13. The second kappa shape index (κ2) is 6.02. The van der Waals surface area contributed by atoms with Gasteiger partial charge in [-0.05, 0) is 18.6 Å². The van der Waals surface area contributed by atoms with Crippen LogP contribution in [0.1, 0.15) is 13.3 Å². The van der Waals surface area contributed by atoms with Gasteiger partial charge in [-0.2, -0.15) is 0 Å². The topological polar surface area (TPSA) is 62.4 Å². The molecule has 4 nitrogen and oxygen atoms in total. The van der Waals surface area contributed by atoms with E-state index in [4.69, 9.17) is 5.84 Å². The number of benzene rings is 1. The zero-order chi connectivity index (χ0) is 12.0. The molecular formula is C10H14F2N4. The van der Waals surface area contributed by atoms with Crippen molar-refractivity contribution >= 4 is 11.6 Å². The molecule has 0 spiro atoms. The summed E-state index contributed by atoms with van der Waals surface area (Å²) in [5.41, 5.74) is 2.72. The van der Waals surface area contributed by atoms with Crippen LogP contribution >= 0.6 is 0 Å². The number of guanidine groups is 1. The predicted molar refractivity (Wildman–Crippen MR) is 59.9 cm³/mol. The molecule has 88 valence electrons. The molecule has 0 saturated carbocycles. The molecule has 1 rings (SSSR count). The Balaban J connectivity index is 2.74. The van der Waals surface area contributed by atoms with E-state index >= 15 is 0 Å². The smallest absolute Gasteiger partial charge is 0.210 e. The molecule has 0 unspecified atom stereocenters. The van der Waals surface area contributed by atoms with Gasteiger partial charge in [0, 0.05) is 18.3 Å².